The van der Waals surface area contributed by atoms with Gasteiger partial charge in [-0.3, -0.25) is 4.79 Å². The molecule has 1 saturated carbocycles. The van der Waals surface area contributed by atoms with Crippen LogP contribution >= 0.6 is 0 Å². The molecule has 2 aliphatic rings. The van der Waals surface area contributed by atoms with E-state index in [-0.39, 0.29) is 5.91 Å². The number of nitrogens with one attached hydrogen (secondary N) is 2. The first-order chi connectivity index (χ1) is 8.18. The maximum absolute atomic E-state index is 11.7. The van der Waals surface area contributed by atoms with Crippen molar-refractivity contribution in [1.82, 2.24) is 10.6 Å². The molecular weight excluding hydrogens is 216 g/mol. The van der Waals surface area contributed by atoms with Gasteiger partial charge >= 0.3 is 0 Å². The first kappa shape index (κ1) is 12.8. The molecule has 0 aromatic rings. The van der Waals surface area contributed by atoms with E-state index in [9.17, 15) is 9.90 Å². The zero-order valence-electron chi connectivity index (χ0n) is 10.5. The summed E-state index contributed by atoms with van der Waals surface area (Å²) < 4.78 is 0. The minimum atomic E-state index is -0.733. The molecule has 1 heterocycles. The zero-order chi connectivity index (χ0) is 12.1. The number of hydrogen-bond acceptors (Lipinski definition) is 3. The fourth-order valence-corrected chi connectivity index (χ4v) is 2.91. The van der Waals surface area contributed by atoms with Crippen LogP contribution in [0.1, 0.15) is 44.9 Å². The van der Waals surface area contributed by atoms with Gasteiger partial charge in [-0.1, -0.05) is 12.8 Å². The van der Waals surface area contributed by atoms with E-state index >= 15 is 0 Å². The quantitative estimate of drug-likeness (QED) is 0.681. The Bertz CT molecular complexity index is 256. The SMILES string of the molecule is O=C(CC1CCCC1)NCC1(O)CCCNC1. The van der Waals surface area contributed by atoms with Gasteiger partial charge in [0.15, 0.2) is 0 Å². The topological polar surface area (TPSA) is 61.4 Å². The monoisotopic (exact) mass is 240 g/mol. The van der Waals surface area contributed by atoms with Gasteiger partial charge in [-0.15, -0.1) is 0 Å². The van der Waals surface area contributed by atoms with Crippen LogP contribution in [0.25, 0.3) is 0 Å². The fraction of sp³-hybridized carbons (Fsp3) is 0.923. The molecule has 1 aliphatic heterocycles. The van der Waals surface area contributed by atoms with Crippen molar-refractivity contribution in [3.05, 3.63) is 0 Å². The molecule has 1 aliphatic carbocycles. The summed E-state index contributed by atoms with van der Waals surface area (Å²) in [6, 6.07) is 0. The van der Waals surface area contributed by atoms with Crippen LogP contribution in [-0.2, 0) is 4.79 Å². The first-order valence-corrected chi connectivity index (χ1v) is 6.88. The maximum Gasteiger partial charge on any atom is 0.220 e. The average molecular weight is 240 g/mol. The summed E-state index contributed by atoms with van der Waals surface area (Å²) in [7, 11) is 0. The Morgan fingerprint density at radius 2 is 2.12 bits per heavy atom. The van der Waals surface area contributed by atoms with Gasteiger partial charge in [-0.05, 0) is 38.1 Å². The van der Waals surface area contributed by atoms with Gasteiger partial charge < -0.3 is 15.7 Å². The van der Waals surface area contributed by atoms with E-state index in [0.29, 0.717) is 25.4 Å². The molecule has 3 N–H and O–H groups in total. The molecule has 0 bridgehead atoms. The van der Waals surface area contributed by atoms with Crippen molar-refractivity contribution < 1.29 is 9.90 Å². The molecule has 2 fully saturated rings. The number of β-amino-alcohol motifs (C(OH)–C–C–N with tert-alkyl or cyclic N) is 1. The first-order valence-electron chi connectivity index (χ1n) is 6.88. The summed E-state index contributed by atoms with van der Waals surface area (Å²) >= 11 is 0. The lowest BCUT2D eigenvalue weighted by Crippen LogP contribution is -2.52. The minimum Gasteiger partial charge on any atom is -0.387 e. The van der Waals surface area contributed by atoms with Crippen LogP contribution in [0.3, 0.4) is 0 Å². The summed E-state index contributed by atoms with van der Waals surface area (Å²) in [6.07, 6.45) is 7.33. The Hall–Kier alpha value is -0.610. The smallest absolute Gasteiger partial charge is 0.220 e. The second-order valence-electron chi connectivity index (χ2n) is 5.64. The van der Waals surface area contributed by atoms with Crippen LogP contribution in [0.4, 0.5) is 0 Å². The fourth-order valence-electron chi connectivity index (χ4n) is 2.91. The lowest BCUT2D eigenvalue weighted by Gasteiger charge is -2.32. The van der Waals surface area contributed by atoms with Crippen molar-refractivity contribution in [1.29, 1.82) is 0 Å². The largest absolute Gasteiger partial charge is 0.387 e. The van der Waals surface area contributed by atoms with Gasteiger partial charge in [0.05, 0.1) is 5.60 Å². The van der Waals surface area contributed by atoms with Gasteiger partial charge in [-0.2, -0.15) is 0 Å². The van der Waals surface area contributed by atoms with E-state index in [1.165, 1.54) is 25.7 Å². The molecule has 0 radical (unpaired) electrons. The Morgan fingerprint density at radius 3 is 2.76 bits per heavy atom. The highest BCUT2D eigenvalue weighted by Crippen LogP contribution is 2.27. The standard InChI is InChI=1S/C13H24N2O2/c16-12(8-11-4-1-2-5-11)15-10-13(17)6-3-7-14-9-13/h11,14,17H,1-10H2,(H,15,16). The molecular formula is C13H24N2O2. The van der Waals surface area contributed by atoms with Crippen LogP contribution in [-0.4, -0.2) is 36.2 Å². The molecule has 1 saturated heterocycles. The summed E-state index contributed by atoms with van der Waals surface area (Å²) in [4.78, 5) is 11.7. The van der Waals surface area contributed by atoms with Gasteiger partial charge in [0.1, 0.15) is 0 Å². The normalized spacial score (nSPS) is 30.4. The Kier molecular flexibility index (Phi) is 4.40. The van der Waals surface area contributed by atoms with Crippen molar-refractivity contribution >= 4 is 5.91 Å². The number of hydrogen-bond donors (Lipinski definition) is 3. The number of piperidine rings is 1. The molecule has 1 amide bonds. The van der Waals surface area contributed by atoms with E-state index in [4.69, 9.17) is 0 Å². The molecule has 1 unspecified atom stereocenters. The van der Waals surface area contributed by atoms with Crippen LogP contribution in [0.15, 0.2) is 0 Å². The number of rotatable bonds is 4. The number of aliphatic hydroxyl groups is 1. The van der Waals surface area contributed by atoms with E-state index < -0.39 is 5.60 Å². The molecule has 0 spiro atoms. The molecule has 4 heteroatoms. The number of carbonyl (C=O) groups excluding carboxylic acids is 1. The molecule has 4 nitrogen and oxygen atoms in total. The highest BCUT2D eigenvalue weighted by atomic mass is 16.3. The van der Waals surface area contributed by atoms with Crippen LogP contribution in [0.5, 0.6) is 0 Å². The highest BCUT2D eigenvalue weighted by molar-refractivity contribution is 5.76. The van der Waals surface area contributed by atoms with Crippen molar-refractivity contribution in [2.24, 2.45) is 5.92 Å². The summed E-state index contributed by atoms with van der Waals surface area (Å²) in [5.41, 5.74) is -0.733. The Morgan fingerprint density at radius 1 is 1.35 bits per heavy atom. The minimum absolute atomic E-state index is 0.107. The highest BCUT2D eigenvalue weighted by Gasteiger charge is 2.29. The number of amides is 1. The predicted molar refractivity (Wildman–Crippen MR) is 66.6 cm³/mol. The van der Waals surface area contributed by atoms with Gasteiger partial charge in [0.2, 0.25) is 5.91 Å². The van der Waals surface area contributed by atoms with Crippen LogP contribution in [0, 0.1) is 5.92 Å². The third kappa shape index (κ3) is 3.96. The molecule has 2 rings (SSSR count). The van der Waals surface area contributed by atoms with Gasteiger partial charge in [0, 0.05) is 19.5 Å². The van der Waals surface area contributed by atoms with Gasteiger partial charge in [-0.25, -0.2) is 0 Å². The summed E-state index contributed by atoms with van der Waals surface area (Å²) in [5.74, 6) is 0.685. The summed E-state index contributed by atoms with van der Waals surface area (Å²) in [5, 5.41) is 16.3. The molecule has 98 valence electrons. The van der Waals surface area contributed by atoms with E-state index in [1.54, 1.807) is 0 Å². The second kappa shape index (κ2) is 5.83. The van der Waals surface area contributed by atoms with E-state index in [2.05, 4.69) is 10.6 Å². The Labute approximate surface area is 103 Å². The number of carbonyl (C=O) groups is 1. The second-order valence-corrected chi connectivity index (χ2v) is 5.64. The van der Waals surface area contributed by atoms with Crippen molar-refractivity contribution in [3.63, 3.8) is 0 Å². The van der Waals surface area contributed by atoms with Gasteiger partial charge in [0.25, 0.3) is 0 Å². The maximum atomic E-state index is 11.7. The third-order valence-corrected chi connectivity index (χ3v) is 4.01. The van der Waals surface area contributed by atoms with Crippen molar-refractivity contribution in [3.8, 4) is 0 Å². The molecule has 1 atom stereocenters. The Balaban J connectivity index is 1.67. The van der Waals surface area contributed by atoms with Crippen molar-refractivity contribution in [2.45, 2.75) is 50.5 Å². The third-order valence-electron chi connectivity index (χ3n) is 4.01. The predicted octanol–water partition coefficient (Wildman–Crippen LogP) is 0.797. The summed E-state index contributed by atoms with van der Waals surface area (Å²) in [6.45, 7) is 1.96. The lowest BCUT2D eigenvalue weighted by molar-refractivity contribution is -0.123. The molecule has 0 aromatic heterocycles. The average Bonchev–Trinajstić information content (AvgIpc) is 2.80. The zero-order valence-corrected chi connectivity index (χ0v) is 10.5. The van der Waals surface area contributed by atoms with E-state index in [0.717, 1.165) is 19.4 Å². The van der Waals surface area contributed by atoms with E-state index in [1.807, 2.05) is 0 Å². The van der Waals surface area contributed by atoms with Crippen LogP contribution < -0.4 is 10.6 Å². The van der Waals surface area contributed by atoms with Crippen molar-refractivity contribution in [2.75, 3.05) is 19.6 Å². The van der Waals surface area contributed by atoms with Crippen LogP contribution in [0.2, 0.25) is 0 Å². The molecule has 0 aromatic carbocycles. The lowest BCUT2D eigenvalue weighted by atomic mass is 9.94. The molecule has 17 heavy (non-hydrogen) atoms.